The van der Waals surface area contributed by atoms with Crippen LogP contribution in [-0.2, 0) is 6.42 Å². The Morgan fingerprint density at radius 2 is 1.86 bits per heavy atom. The number of hydrogen-bond acceptors (Lipinski definition) is 4. The van der Waals surface area contributed by atoms with E-state index in [1.165, 1.54) is 28.9 Å². The molecule has 9 heteroatoms. The Balaban J connectivity index is 1.92. The predicted molar refractivity (Wildman–Crippen MR) is 102 cm³/mol. The van der Waals surface area contributed by atoms with E-state index in [0.29, 0.717) is 22.5 Å². The van der Waals surface area contributed by atoms with Gasteiger partial charge in [0.05, 0.1) is 5.69 Å². The van der Waals surface area contributed by atoms with E-state index in [1.807, 2.05) is 18.2 Å². The molecule has 0 aliphatic rings. The third-order valence-electron chi connectivity index (χ3n) is 3.98. The molecule has 0 fully saturated rings. The fourth-order valence-corrected chi connectivity index (χ4v) is 3.00. The van der Waals surface area contributed by atoms with Gasteiger partial charge in [0.15, 0.2) is 5.82 Å². The lowest BCUT2D eigenvalue weighted by atomic mass is 10.1. The molecule has 0 unspecified atom stereocenters. The first-order valence-electron chi connectivity index (χ1n) is 8.60. The number of halogens is 4. The molecule has 1 N–H and O–H groups in total. The standard InChI is InChI=1S/C19H18ClF3N4O/c1-3-4-12-5-6-13(11-16(12)20)17-25-18(24-2)27(26-17)14-7-9-15(10-8-14)28-19(21,22)23/h5-11H,3-4H2,1-2H3,(H,24,25,26). The Labute approximate surface area is 165 Å². The lowest BCUT2D eigenvalue weighted by Gasteiger charge is -2.10. The van der Waals surface area contributed by atoms with Gasteiger partial charge in [-0.1, -0.05) is 37.1 Å². The first kappa shape index (κ1) is 20.0. The van der Waals surface area contributed by atoms with Crippen LogP contribution in [0.1, 0.15) is 18.9 Å². The Kier molecular flexibility index (Phi) is 5.79. The molecule has 0 aliphatic carbocycles. The smallest absolute Gasteiger partial charge is 0.406 e. The molecule has 0 saturated heterocycles. The van der Waals surface area contributed by atoms with E-state index in [-0.39, 0.29) is 5.75 Å². The van der Waals surface area contributed by atoms with Crippen LogP contribution in [0, 0.1) is 0 Å². The topological polar surface area (TPSA) is 52.0 Å². The van der Waals surface area contributed by atoms with E-state index in [9.17, 15) is 13.2 Å². The van der Waals surface area contributed by atoms with Crippen molar-refractivity contribution in [2.45, 2.75) is 26.1 Å². The molecule has 28 heavy (non-hydrogen) atoms. The molecule has 2 aromatic carbocycles. The van der Waals surface area contributed by atoms with Crippen LogP contribution < -0.4 is 10.1 Å². The quantitative estimate of drug-likeness (QED) is 0.584. The number of nitrogens with zero attached hydrogens (tertiary/aromatic N) is 3. The molecule has 0 bridgehead atoms. The molecule has 148 valence electrons. The van der Waals surface area contributed by atoms with Gasteiger partial charge in [-0.15, -0.1) is 18.3 Å². The van der Waals surface area contributed by atoms with Crippen LogP contribution >= 0.6 is 11.6 Å². The highest BCUT2D eigenvalue weighted by atomic mass is 35.5. The van der Waals surface area contributed by atoms with Gasteiger partial charge in [0.1, 0.15) is 5.75 Å². The average Bonchev–Trinajstić information content (AvgIpc) is 3.07. The summed E-state index contributed by atoms with van der Waals surface area (Å²) in [5.41, 5.74) is 2.34. The van der Waals surface area contributed by atoms with E-state index in [4.69, 9.17) is 11.6 Å². The Morgan fingerprint density at radius 3 is 2.43 bits per heavy atom. The number of rotatable bonds is 6. The predicted octanol–water partition coefficient (Wildman–Crippen LogP) is 5.48. The summed E-state index contributed by atoms with van der Waals surface area (Å²) < 4.78 is 42.3. The number of ether oxygens (including phenoxy) is 1. The monoisotopic (exact) mass is 410 g/mol. The number of alkyl halides is 3. The molecule has 0 spiro atoms. The van der Waals surface area contributed by atoms with Gasteiger partial charge >= 0.3 is 6.36 Å². The fraction of sp³-hybridized carbons (Fsp3) is 0.263. The second-order valence-corrected chi connectivity index (χ2v) is 6.43. The number of hydrogen-bond donors (Lipinski definition) is 1. The van der Waals surface area contributed by atoms with Gasteiger partial charge in [-0.3, -0.25) is 0 Å². The minimum atomic E-state index is -4.73. The molecule has 3 aromatic rings. The van der Waals surface area contributed by atoms with Crippen molar-refractivity contribution in [2.24, 2.45) is 0 Å². The summed E-state index contributed by atoms with van der Waals surface area (Å²) in [5, 5.41) is 8.04. The van der Waals surface area contributed by atoms with Crippen molar-refractivity contribution in [3.8, 4) is 22.8 Å². The van der Waals surface area contributed by atoms with Crippen LogP contribution in [0.3, 0.4) is 0 Å². The maximum absolute atomic E-state index is 12.3. The van der Waals surface area contributed by atoms with Crippen molar-refractivity contribution >= 4 is 17.5 Å². The van der Waals surface area contributed by atoms with Gasteiger partial charge < -0.3 is 10.1 Å². The van der Waals surface area contributed by atoms with Crippen LogP contribution in [-0.4, -0.2) is 28.2 Å². The fourth-order valence-electron chi connectivity index (χ4n) is 2.72. The number of anilines is 1. The largest absolute Gasteiger partial charge is 0.573 e. The SMILES string of the molecule is CCCc1ccc(-c2nc(NC)n(-c3ccc(OC(F)(F)F)cc3)n2)cc1Cl. The highest BCUT2D eigenvalue weighted by Crippen LogP contribution is 2.28. The van der Waals surface area contributed by atoms with E-state index in [2.05, 4.69) is 27.1 Å². The van der Waals surface area contributed by atoms with E-state index >= 15 is 0 Å². The number of benzene rings is 2. The first-order chi connectivity index (χ1) is 13.3. The molecule has 3 rings (SSSR count). The van der Waals surface area contributed by atoms with Gasteiger partial charge in [0.2, 0.25) is 5.95 Å². The minimum absolute atomic E-state index is 0.305. The second-order valence-electron chi connectivity index (χ2n) is 6.02. The van der Waals surface area contributed by atoms with E-state index in [0.717, 1.165) is 24.0 Å². The summed E-state index contributed by atoms with van der Waals surface area (Å²) in [6.45, 7) is 2.08. The summed E-state index contributed by atoms with van der Waals surface area (Å²) in [6, 6.07) is 11.0. The molecule has 0 radical (unpaired) electrons. The van der Waals surface area contributed by atoms with Crippen molar-refractivity contribution in [1.82, 2.24) is 14.8 Å². The molecular weight excluding hydrogens is 393 g/mol. The Morgan fingerprint density at radius 1 is 1.14 bits per heavy atom. The average molecular weight is 411 g/mol. The summed E-state index contributed by atoms with van der Waals surface area (Å²) in [6.07, 6.45) is -2.86. The summed E-state index contributed by atoms with van der Waals surface area (Å²) in [5.74, 6) is 0.582. The number of nitrogens with one attached hydrogen (secondary N) is 1. The molecule has 1 heterocycles. The summed E-state index contributed by atoms with van der Waals surface area (Å²) in [7, 11) is 1.68. The normalized spacial score (nSPS) is 11.5. The van der Waals surface area contributed by atoms with Crippen LogP contribution in [0.2, 0.25) is 5.02 Å². The van der Waals surface area contributed by atoms with Gasteiger partial charge in [-0.2, -0.15) is 9.67 Å². The molecule has 5 nitrogen and oxygen atoms in total. The lowest BCUT2D eigenvalue weighted by molar-refractivity contribution is -0.274. The van der Waals surface area contributed by atoms with Crippen molar-refractivity contribution < 1.29 is 17.9 Å². The highest BCUT2D eigenvalue weighted by Gasteiger charge is 2.31. The zero-order chi connectivity index (χ0) is 20.3. The minimum Gasteiger partial charge on any atom is -0.406 e. The number of aromatic nitrogens is 3. The van der Waals surface area contributed by atoms with Crippen molar-refractivity contribution in [1.29, 1.82) is 0 Å². The van der Waals surface area contributed by atoms with Crippen molar-refractivity contribution in [3.05, 3.63) is 53.1 Å². The lowest BCUT2D eigenvalue weighted by Crippen LogP contribution is -2.17. The number of aryl methyl sites for hydroxylation is 1. The maximum Gasteiger partial charge on any atom is 0.573 e. The highest BCUT2D eigenvalue weighted by molar-refractivity contribution is 6.31. The van der Waals surface area contributed by atoms with E-state index < -0.39 is 6.36 Å². The van der Waals surface area contributed by atoms with Crippen LogP contribution in [0.5, 0.6) is 5.75 Å². The van der Waals surface area contributed by atoms with Crippen LogP contribution in [0.25, 0.3) is 17.1 Å². The van der Waals surface area contributed by atoms with Gasteiger partial charge in [0, 0.05) is 17.6 Å². The Bertz CT molecular complexity index is 955. The summed E-state index contributed by atoms with van der Waals surface area (Å²) >= 11 is 6.34. The van der Waals surface area contributed by atoms with Crippen LogP contribution in [0.4, 0.5) is 19.1 Å². The Hall–Kier alpha value is -2.74. The molecule has 0 amide bonds. The second kappa shape index (κ2) is 8.10. The van der Waals surface area contributed by atoms with Gasteiger partial charge in [-0.05, 0) is 42.3 Å². The van der Waals surface area contributed by atoms with E-state index in [1.54, 1.807) is 7.05 Å². The third-order valence-corrected chi connectivity index (χ3v) is 4.33. The molecule has 0 aliphatic heterocycles. The first-order valence-corrected chi connectivity index (χ1v) is 8.98. The zero-order valence-corrected chi connectivity index (χ0v) is 16.0. The molecular formula is C19H18ClF3N4O. The molecule has 1 aromatic heterocycles. The van der Waals surface area contributed by atoms with Gasteiger partial charge in [0.25, 0.3) is 0 Å². The van der Waals surface area contributed by atoms with Crippen molar-refractivity contribution in [3.63, 3.8) is 0 Å². The van der Waals surface area contributed by atoms with Crippen molar-refractivity contribution in [2.75, 3.05) is 12.4 Å². The van der Waals surface area contributed by atoms with Crippen LogP contribution in [0.15, 0.2) is 42.5 Å². The van der Waals surface area contributed by atoms with Gasteiger partial charge in [-0.25, -0.2) is 0 Å². The molecule has 0 saturated carbocycles. The summed E-state index contributed by atoms with van der Waals surface area (Å²) in [4.78, 5) is 4.44. The zero-order valence-electron chi connectivity index (χ0n) is 15.2. The third kappa shape index (κ3) is 4.56. The maximum atomic E-state index is 12.3. The molecule has 0 atom stereocenters.